The van der Waals surface area contributed by atoms with E-state index in [1.54, 1.807) is 25.1 Å². The van der Waals surface area contributed by atoms with Crippen LogP contribution in [0.4, 0.5) is 26.3 Å². The maximum Gasteiger partial charge on any atom is 0.204 e. The molecule has 2 aliphatic heterocycles. The van der Waals surface area contributed by atoms with Crippen LogP contribution in [0.1, 0.15) is 34.7 Å². The summed E-state index contributed by atoms with van der Waals surface area (Å²) in [7, 11) is 16.8. The van der Waals surface area contributed by atoms with E-state index in [1.165, 1.54) is 85.3 Å². The van der Waals surface area contributed by atoms with Crippen LogP contribution in [0.25, 0.3) is 33.4 Å². The number of nitrogens with zero attached hydrogens (tertiary/aromatic N) is 1. The molecule has 19 heteroatoms. The van der Waals surface area contributed by atoms with E-state index in [2.05, 4.69) is 0 Å². The number of quaternary nitrogens is 1. The van der Waals surface area contributed by atoms with E-state index < -0.39 is 34.9 Å². The maximum atomic E-state index is 15.7. The van der Waals surface area contributed by atoms with Crippen LogP contribution in [0.3, 0.4) is 0 Å². The molecule has 72 heavy (non-hydrogen) atoms. The van der Waals surface area contributed by atoms with Crippen molar-refractivity contribution in [2.75, 3.05) is 91.9 Å². The van der Waals surface area contributed by atoms with Gasteiger partial charge < -0.3 is 61.3 Å². The Hall–Kier alpha value is -7.54. The zero-order valence-corrected chi connectivity index (χ0v) is 42.0. The van der Waals surface area contributed by atoms with Crippen molar-refractivity contribution < 1.29 is 87.7 Å². The van der Waals surface area contributed by atoms with Crippen molar-refractivity contribution in [2.45, 2.75) is 26.6 Å². The lowest BCUT2D eigenvalue weighted by molar-refractivity contribution is -0.960. The van der Waals surface area contributed by atoms with Crippen molar-refractivity contribution in [3.63, 3.8) is 0 Å². The van der Waals surface area contributed by atoms with Gasteiger partial charge in [-0.3, -0.25) is 0 Å². The fourth-order valence-electron chi connectivity index (χ4n) is 9.98. The molecule has 0 N–H and O–H groups in total. The first kappa shape index (κ1) is 52.3. The number of rotatable bonds is 14. The van der Waals surface area contributed by atoms with Crippen LogP contribution in [0.15, 0.2) is 59.8 Å². The standard InChI is InChI=1S/C53H54F6NO12/c1-25-38-31(39(27-18-34(56)43(59)35(57)19-27)49(68-9)53(72-13)48(38)67-8)24-60(15-14-30(26-16-32(54)42(58)33(55)17-26)45(64-5)52(71-12)44(25)63-4)22-28-20-36(61-2)46(65-6)50(69-10)40(28)41-29(23-60)21-37(62-3)47(66-7)51(41)70-11/h14,16-21H,15,22-24H2,1-13H3/q+1/b30-14+,44-25-,52-45-. The van der Waals surface area contributed by atoms with Gasteiger partial charge in [0, 0.05) is 50.1 Å². The number of ether oxygens (including phenoxy) is 12. The Morgan fingerprint density at radius 2 is 0.764 bits per heavy atom. The molecule has 0 saturated carbocycles. The molecular weight excluding hydrogens is 957 g/mol. The fourth-order valence-corrected chi connectivity index (χ4v) is 9.98. The lowest BCUT2D eigenvalue weighted by atomic mass is 9.87. The minimum atomic E-state index is -1.71. The third kappa shape index (κ3) is 8.62. The average Bonchev–Trinajstić information content (AvgIpc) is 3.51. The Morgan fingerprint density at radius 3 is 1.15 bits per heavy atom. The van der Waals surface area contributed by atoms with E-state index in [1.807, 2.05) is 0 Å². The molecule has 0 aliphatic carbocycles. The summed E-state index contributed by atoms with van der Waals surface area (Å²) in [4.78, 5) is 0. The molecule has 0 bridgehead atoms. The van der Waals surface area contributed by atoms with Crippen LogP contribution in [-0.2, 0) is 33.8 Å². The van der Waals surface area contributed by atoms with Crippen molar-refractivity contribution >= 4 is 11.1 Å². The van der Waals surface area contributed by atoms with Crippen LogP contribution < -0.4 is 42.6 Å². The topological polar surface area (TPSA) is 111 Å². The van der Waals surface area contributed by atoms with Crippen molar-refractivity contribution in [1.82, 2.24) is 0 Å². The SMILES string of the molecule is COC1=C(OC)/C(c2cc(F)c(F)c(F)c2)=C/C[N+]2(Cc3cc(OC)c(OC)c(OC)c3-c3c(cc(OC)c(OC)c3OC)C2)Cc2c(c(OC)c(OC)c(OC)c2-c2cc(F)c(F)c(F)c2)\C(C)=C\1OC. The molecule has 0 amide bonds. The zero-order chi connectivity index (χ0) is 52.5. The smallest absolute Gasteiger partial charge is 0.204 e. The van der Waals surface area contributed by atoms with Gasteiger partial charge in [-0.25, -0.2) is 26.3 Å². The quantitative estimate of drug-likeness (QED) is 0.0600. The fraction of sp³-hybridized carbons (Fsp3) is 0.321. The van der Waals surface area contributed by atoms with Crippen LogP contribution in [0.5, 0.6) is 51.7 Å². The summed E-state index contributed by atoms with van der Waals surface area (Å²) in [6, 6.07) is 6.85. The van der Waals surface area contributed by atoms with Gasteiger partial charge in [-0.1, -0.05) is 0 Å². The normalized spacial score (nSPS) is 16.9. The number of fused-ring (bicyclic) bond motifs is 4. The summed E-state index contributed by atoms with van der Waals surface area (Å²) in [6.07, 6.45) is 1.65. The summed E-state index contributed by atoms with van der Waals surface area (Å²) in [5, 5.41) is 0. The van der Waals surface area contributed by atoms with E-state index in [-0.39, 0.29) is 139 Å². The third-order valence-electron chi connectivity index (χ3n) is 12.9. The Balaban J connectivity index is 1.80. The van der Waals surface area contributed by atoms with Gasteiger partial charge in [-0.2, -0.15) is 0 Å². The predicted octanol–water partition coefficient (Wildman–Crippen LogP) is 10.9. The van der Waals surface area contributed by atoms with Gasteiger partial charge >= 0.3 is 0 Å². The lowest BCUT2D eigenvalue weighted by Crippen LogP contribution is -2.46. The molecule has 1 spiro atoms. The van der Waals surface area contributed by atoms with E-state index >= 15 is 17.6 Å². The lowest BCUT2D eigenvalue weighted by Gasteiger charge is -2.39. The molecule has 0 atom stereocenters. The molecule has 7 rings (SSSR count). The highest BCUT2D eigenvalue weighted by atomic mass is 19.2. The zero-order valence-electron chi connectivity index (χ0n) is 42.0. The number of hydrogen-bond donors (Lipinski definition) is 0. The molecule has 13 nitrogen and oxygen atoms in total. The van der Waals surface area contributed by atoms with E-state index in [9.17, 15) is 8.78 Å². The molecular formula is C53H54F6NO12+. The molecule has 2 heterocycles. The highest BCUT2D eigenvalue weighted by Crippen LogP contribution is 2.58. The molecule has 0 aromatic heterocycles. The number of halogens is 6. The molecule has 0 saturated heterocycles. The van der Waals surface area contributed by atoms with Gasteiger partial charge in [0.15, 0.2) is 80.9 Å². The summed E-state index contributed by atoms with van der Waals surface area (Å²) >= 11 is 0. The van der Waals surface area contributed by atoms with Gasteiger partial charge in [0.1, 0.15) is 19.6 Å². The second-order valence-electron chi connectivity index (χ2n) is 16.5. The van der Waals surface area contributed by atoms with Gasteiger partial charge in [0.25, 0.3) is 0 Å². The Labute approximate surface area is 412 Å². The third-order valence-corrected chi connectivity index (χ3v) is 12.9. The number of hydrogen-bond acceptors (Lipinski definition) is 12. The monoisotopic (exact) mass is 1010 g/mol. The second kappa shape index (κ2) is 21.0. The second-order valence-corrected chi connectivity index (χ2v) is 16.5. The summed E-state index contributed by atoms with van der Waals surface area (Å²) in [5.74, 6) is -8.17. The number of methoxy groups -OCH3 is 12. The van der Waals surface area contributed by atoms with Gasteiger partial charge in [-0.15, -0.1) is 0 Å². The first-order valence-electron chi connectivity index (χ1n) is 22.0. The molecule has 0 unspecified atom stereocenters. The Morgan fingerprint density at radius 1 is 0.375 bits per heavy atom. The van der Waals surface area contributed by atoms with Crippen LogP contribution in [0, 0.1) is 34.9 Å². The van der Waals surface area contributed by atoms with Gasteiger partial charge in [0.05, 0.1) is 91.9 Å². The van der Waals surface area contributed by atoms with Gasteiger partial charge in [0.2, 0.25) is 23.0 Å². The molecule has 2 aliphatic rings. The molecule has 5 aromatic rings. The first-order chi connectivity index (χ1) is 34.5. The summed E-state index contributed by atoms with van der Waals surface area (Å²) in [6.45, 7) is 1.39. The van der Waals surface area contributed by atoms with E-state index in [0.29, 0.717) is 22.3 Å². The highest BCUT2D eigenvalue weighted by molar-refractivity contribution is 5.91. The maximum absolute atomic E-state index is 15.7. The average molecular weight is 1010 g/mol. The molecule has 0 fully saturated rings. The largest absolute Gasteiger partial charge is 0.493 e. The highest BCUT2D eigenvalue weighted by Gasteiger charge is 2.43. The molecule has 5 aromatic carbocycles. The van der Waals surface area contributed by atoms with E-state index in [4.69, 9.17) is 56.8 Å². The summed E-state index contributed by atoms with van der Waals surface area (Å²) in [5.41, 5.74) is 2.64. The Bertz CT molecular complexity index is 2940. The van der Waals surface area contributed by atoms with Crippen molar-refractivity contribution in [3.05, 3.63) is 122 Å². The van der Waals surface area contributed by atoms with Crippen molar-refractivity contribution in [3.8, 4) is 74.0 Å². The van der Waals surface area contributed by atoms with E-state index in [0.717, 1.165) is 24.3 Å². The van der Waals surface area contributed by atoms with Crippen LogP contribution >= 0.6 is 0 Å². The van der Waals surface area contributed by atoms with Gasteiger partial charge in [-0.05, 0) is 60.5 Å². The summed E-state index contributed by atoms with van der Waals surface area (Å²) < 4.78 is 165. The molecule has 384 valence electrons. The minimum absolute atomic E-state index is 0.00910. The van der Waals surface area contributed by atoms with Crippen molar-refractivity contribution in [2.24, 2.45) is 0 Å². The van der Waals surface area contributed by atoms with Crippen molar-refractivity contribution in [1.29, 1.82) is 0 Å². The number of benzene rings is 5. The molecule has 0 radical (unpaired) electrons. The minimum Gasteiger partial charge on any atom is -0.493 e. The predicted molar refractivity (Wildman–Crippen MR) is 254 cm³/mol. The first-order valence-corrected chi connectivity index (χ1v) is 22.0. The number of allylic oxidation sites excluding steroid dienone is 2. The Kier molecular flexibility index (Phi) is 15.3. The van der Waals surface area contributed by atoms with Crippen LogP contribution in [-0.4, -0.2) is 96.3 Å². The van der Waals surface area contributed by atoms with Crippen LogP contribution in [0.2, 0.25) is 0 Å².